The standard InChI is InChI=1S/C12H19NO/c1-11(2)13-9-7-5-6-8-10-14-12(3)4/h11-13H,9-10H2,1-4H3. The third-order valence-corrected chi connectivity index (χ3v) is 1.33. The van der Waals surface area contributed by atoms with Gasteiger partial charge in [-0.15, -0.1) is 0 Å². The fourth-order valence-electron chi connectivity index (χ4n) is 0.632. The van der Waals surface area contributed by atoms with Crippen LogP contribution in [-0.2, 0) is 4.74 Å². The topological polar surface area (TPSA) is 21.3 Å². The van der Waals surface area contributed by atoms with Crippen molar-refractivity contribution < 1.29 is 4.74 Å². The van der Waals surface area contributed by atoms with Crippen LogP contribution in [0.2, 0.25) is 0 Å². The van der Waals surface area contributed by atoms with Crippen LogP contribution < -0.4 is 5.32 Å². The van der Waals surface area contributed by atoms with Crippen molar-refractivity contribution in [3.63, 3.8) is 0 Å². The molecule has 0 aliphatic heterocycles. The zero-order chi connectivity index (χ0) is 10.8. The Balaban J connectivity index is 3.48. The molecule has 0 rings (SSSR count). The molecule has 1 N–H and O–H groups in total. The first-order chi connectivity index (χ1) is 6.63. The lowest BCUT2D eigenvalue weighted by molar-refractivity contribution is 0.107. The summed E-state index contributed by atoms with van der Waals surface area (Å²) in [7, 11) is 0. The lowest BCUT2D eigenvalue weighted by Gasteiger charge is -2.01. The molecule has 0 amide bonds. The predicted octanol–water partition coefficient (Wildman–Crippen LogP) is 1.42. The molecule has 0 fully saturated rings. The van der Waals surface area contributed by atoms with Crippen LogP contribution in [0.25, 0.3) is 0 Å². The van der Waals surface area contributed by atoms with Crippen LogP contribution in [0.15, 0.2) is 0 Å². The molecule has 0 aliphatic rings. The summed E-state index contributed by atoms with van der Waals surface area (Å²) in [5, 5.41) is 3.18. The van der Waals surface area contributed by atoms with Gasteiger partial charge in [0.05, 0.1) is 12.6 Å². The zero-order valence-corrected chi connectivity index (χ0v) is 9.48. The second-order valence-corrected chi connectivity index (χ2v) is 3.50. The van der Waals surface area contributed by atoms with E-state index >= 15 is 0 Å². The molecule has 0 heterocycles. The summed E-state index contributed by atoms with van der Waals surface area (Å²) in [6, 6.07) is 0.474. The van der Waals surface area contributed by atoms with Gasteiger partial charge in [-0.2, -0.15) is 0 Å². The van der Waals surface area contributed by atoms with Crippen LogP contribution in [-0.4, -0.2) is 25.3 Å². The van der Waals surface area contributed by atoms with Gasteiger partial charge >= 0.3 is 0 Å². The summed E-state index contributed by atoms with van der Waals surface area (Å²) in [6.07, 6.45) is 0.236. The molecule has 0 saturated heterocycles. The van der Waals surface area contributed by atoms with E-state index in [1.807, 2.05) is 13.8 Å². The van der Waals surface area contributed by atoms with Gasteiger partial charge in [0.1, 0.15) is 6.61 Å². The highest BCUT2D eigenvalue weighted by Gasteiger charge is 1.87. The number of nitrogens with one attached hydrogen (secondary N) is 1. The molecule has 0 bridgehead atoms. The van der Waals surface area contributed by atoms with Gasteiger partial charge in [0, 0.05) is 6.04 Å². The van der Waals surface area contributed by atoms with Crippen LogP contribution in [0.4, 0.5) is 0 Å². The van der Waals surface area contributed by atoms with Gasteiger partial charge in [-0.1, -0.05) is 11.8 Å². The molecule has 0 saturated carbocycles. The average molecular weight is 193 g/mol. The van der Waals surface area contributed by atoms with Gasteiger partial charge in [0.25, 0.3) is 0 Å². The predicted molar refractivity (Wildman–Crippen MR) is 59.8 cm³/mol. The van der Waals surface area contributed by atoms with Gasteiger partial charge in [0.15, 0.2) is 0 Å². The first-order valence-corrected chi connectivity index (χ1v) is 4.93. The summed E-state index contributed by atoms with van der Waals surface area (Å²) in [4.78, 5) is 0. The monoisotopic (exact) mass is 193 g/mol. The molecule has 0 aliphatic carbocycles. The maximum absolute atomic E-state index is 5.23. The Hall–Kier alpha value is -0.960. The number of ether oxygens (including phenoxy) is 1. The normalized spacial score (nSPS) is 9.29. The van der Waals surface area contributed by atoms with E-state index < -0.39 is 0 Å². The zero-order valence-electron chi connectivity index (χ0n) is 9.48. The van der Waals surface area contributed by atoms with Crippen molar-refractivity contribution >= 4 is 0 Å². The van der Waals surface area contributed by atoms with Crippen LogP contribution in [0.3, 0.4) is 0 Å². The minimum Gasteiger partial charge on any atom is -0.366 e. The highest BCUT2D eigenvalue weighted by molar-refractivity contribution is 5.26. The van der Waals surface area contributed by atoms with Crippen LogP contribution in [0.1, 0.15) is 27.7 Å². The summed E-state index contributed by atoms with van der Waals surface area (Å²) in [6.45, 7) is 9.30. The van der Waals surface area contributed by atoms with Gasteiger partial charge in [-0.25, -0.2) is 0 Å². The Morgan fingerprint density at radius 1 is 1.07 bits per heavy atom. The molecule has 0 aromatic heterocycles. The molecular formula is C12H19NO. The summed E-state index contributed by atoms with van der Waals surface area (Å²) in [5.41, 5.74) is 0. The second kappa shape index (κ2) is 8.63. The van der Waals surface area contributed by atoms with Gasteiger partial charge in [-0.3, -0.25) is 0 Å². The first-order valence-electron chi connectivity index (χ1n) is 4.93. The molecular weight excluding hydrogens is 174 g/mol. The molecule has 0 aromatic rings. The van der Waals surface area contributed by atoms with E-state index in [9.17, 15) is 0 Å². The number of hydrogen-bond donors (Lipinski definition) is 1. The lowest BCUT2D eigenvalue weighted by atomic mass is 10.4. The molecule has 2 heteroatoms. The Bertz CT molecular complexity index is 219. The first kappa shape index (κ1) is 13.0. The molecule has 14 heavy (non-hydrogen) atoms. The SMILES string of the molecule is CC(C)NCC#CC#CCOC(C)C. The summed E-state index contributed by atoms with van der Waals surface area (Å²) < 4.78 is 5.23. The van der Waals surface area contributed by atoms with E-state index in [-0.39, 0.29) is 6.10 Å². The Labute approximate surface area is 87.4 Å². The fourth-order valence-corrected chi connectivity index (χ4v) is 0.632. The summed E-state index contributed by atoms with van der Waals surface area (Å²) in [5.74, 6) is 11.2. The molecule has 0 spiro atoms. The summed E-state index contributed by atoms with van der Waals surface area (Å²) >= 11 is 0. The van der Waals surface area contributed by atoms with E-state index in [0.717, 1.165) is 0 Å². The lowest BCUT2D eigenvalue weighted by Crippen LogP contribution is -2.22. The van der Waals surface area contributed by atoms with Crippen LogP contribution in [0.5, 0.6) is 0 Å². The van der Waals surface area contributed by atoms with Crippen molar-refractivity contribution in [2.24, 2.45) is 0 Å². The van der Waals surface area contributed by atoms with E-state index in [2.05, 4.69) is 42.8 Å². The van der Waals surface area contributed by atoms with E-state index in [0.29, 0.717) is 19.2 Å². The molecule has 78 valence electrons. The van der Waals surface area contributed by atoms with Crippen molar-refractivity contribution in [1.29, 1.82) is 0 Å². The fraction of sp³-hybridized carbons (Fsp3) is 0.667. The third kappa shape index (κ3) is 11.0. The van der Waals surface area contributed by atoms with Crippen molar-refractivity contribution in [2.45, 2.75) is 39.8 Å². The molecule has 2 nitrogen and oxygen atoms in total. The highest BCUT2D eigenvalue weighted by Crippen LogP contribution is 1.83. The van der Waals surface area contributed by atoms with Crippen molar-refractivity contribution in [1.82, 2.24) is 5.32 Å². The maximum Gasteiger partial charge on any atom is 0.109 e. The molecule has 0 unspecified atom stereocenters. The van der Waals surface area contributed by atoms with Gasteiger partial charge in [0.2, 0.25) is 0 Å². The highest BCUT2D eigenvalue weighted by atomic mass is 16.5. The third-order valence-electron chi connectivity index (χ3n) is 1.33. The minimum absolute atomic E-state index is 0.236. The van der Waals surface area contributed by atoms with Crippen LogP contribution in [0, 0.1) is 23.7 Å². The van der Waals surface area contributed by atoms with Crippen molar-refractivity contribution in [3.8, 4) is 23.7 Å². The molecule has 0 aromatic carbocycles. The Morgan fingerprint density at radius 2 is 1.71 bits per heavy atom. The average Bonchev–Trinajstić information content (AvgIpc) is 2.08. The van der Waals surface area contributed by atoms with E-state index in [1.54, 1.807) is 0 Å². The van der Waals surface area contributed by atoms with Gasteiger partial charge < -0.3 is 10.1 Å². The molecule has 0 atom stereocenters. The smallest absolute Gasteiger partial charge is 0.109 e. The largest absolute Gasteiger partial charge is 0.366 e. The quantitative estimate of drug-likeness (QED) is 0.682. The van der Waals surface area contributed by atoms with E-state index in [1.165, 1.54) is 0 Å². The Kier molecular flexibility index (Phi) is 8.04. The minimum atomic E-state index is 0.236. The van der Waals surface area contributed by atoms with Crippen molar-refractivity contribution in [2.75, 3.05) is 13.2 Å². The number of rotatable bonds is 4. The maximum atomic E-state index is 5.23. The van der Waals surface area contributed by atoms with Gasteiger partial charge in [-0.05, 0) is 39.5 Å². The molecule has 0 radical (unpaired) electrons. The van der Waals surface area contributed by atoms with Crippen molar-refractivity contribution in [3.05, 3.63) is 0 Å². The Morgan fingerprint density at radius 3 is 2.29 bits per heavy atom. The number of hydrogen-bond acceptors (Lipinski definition) is 2. The second-order valence-electron chi connectivity index (χ2n) is 3.50. The van der Waals surface area contributed by atoms with E-state index in [4.69, 9.17) is 4.74 Å². The van der Waals surface area contributed by atoms with Crippen LogP contribution >= 0.6 is 0 Å².